The van der Waals surface area contributed by atoms with E-state index in [1.165, 1.54) is 16.7 Å². The Morgan fingerprint density at radius 3 is 1.77 bits per heavy atom. The van der Waals surface area contributed by atoms with Crippen molar-refractivity contribution in [1.29, 1.82) is 0 Å². The molecule has 0 aromatic heterocycles. The molecule has 2 heteroatoms. The normalized spacial score (nSPS) is 18.8. The summed E-state index contributed by atoms with van der Waals surface area (Å²) in [7, 11) is 0. The monoisotopic (exact) mass is 280 g/mol. The Hall–Kier alpha value is -0.105. The van der Waals surface area contributed by atoms with E-state index >= 15 is 0 Å². The maximum absolute atomic E-state index is 2.37. The number of allylic oxidation sites excluding steroid dienone is 4. The molecule has 0 fully saturated rings. The van der Waals surface area contributed by atoms with Crippen molar-refractivity contribution in [1.82, 2.24) is 0 Å². The Labute approximate surface area is 155 Å². The SMILES string of the molecule is [Li][C]1([Li])CC(C(C)(C)C)=CC=C1c1ccc(C(C)(C)C)cc1. The van der Waals surface area contributed by atoms with E-state index in [-0.39, 0.29) is 13.6 Å². The molecule has 22 heavy (non-hydrogen) atoms. The molecule has 0 saturated carbocycles. The summed E-state index contributed by atoms with van der Waals surface area (Å²) in [4.78, 5) is 0. The molecule has 0 spiro atoms. The van der Waals surface area contributed by atoms with Crippen molar-refractivity contribution >= 4 is 41.0 Å². The zero-order valence-corrected chi connectivity index (χ0v) is 15.7. The van der Waals surface area contributed by atoms with Crippen LogP contribution in [0.1, 0.15) is 59.1 Å². The molecule has 2 rings (SSSR count). The van der Waals surface area contributed by atoms with Crippen molar-refractivity contribution in [3.63, 3.8) is 0 Å². The predicted octanol–water partition coefficient (Wildman–Crippen LogP) is 5.20. The van der Waals surface area contributed by atoms with Crippen LogP contribution in [-0.4, -0.2) is 35.4 Å². The molecule has 0 amide bonds. The van der Waals surface area contributed by atoms with Gasteiger partial charge in [0.25, 0.3) is 0 Å². The van der Waals surface area contributed by atoms with E-state index in [4.69, 9.17) is 0 Å². The van der Waals surface area contributed by atoms with Crippen molar-refractivity contribution < 1.29 is 0 Å². The number of hydrogen-bond donors (Lipinski definition) is 0. The van der Waals surface area contributed by atoms with Crippen molar-refractivity contribution in [3.8, 4) is 0 Å². The average molecular weight is 280 g/mol. The van der Waals surface area contributed by atoms with Crippen LogP contribution in [-0.2, 0) is 5.41 Å². The summed E-state index contributed by atoms with van der Waals surface area (Å²) in [6, 6.07) is 9.17. The Morgan fingerprint density at radius 1 is 0.818 bits per heavy atom. The fraction of sp³-hybridized carbons (Fsp3) is 0.500. The first-order valence-corrected chi connectivity index (χ1v) is 8.44. The topological polar surface area (TPSA) is 0 Å². The minimum atomic E-state index is 0.195. The van der Waals surface area contributed by atoms with Crippen LogP contribution < -0.4 is 0 Å². The second kappa shape index (κ2) is 6.08. The van der Waals surface area contributed by atoms with E-state index in [9.17, 15) is 0 Å². The Morgan fingerprint density at radius 2 is 1.36 bits per heavy atom. The van der Waals surface area contributed by atoms with Gasteiger partial charge in [0.05, 0.1) is 0 Å². The fourth-order valence-corrected chi connectivity index (χ4v) is 3.19. The molecule has 0 N–H and O–H groups in total. The van der Waals surface area contributed by atoms with Crippen molar-refractivity contribution in [2.45, 2.75) is 56.1 Å². The van der Waals surface area contributed by atoms with Crippen molar-refractivity contribution in [3.05, 3.63) is 53.1 Å². The summed E-state index contributed by atoms with van der Waals surface area (Å²) in [6.07, 6.45) is 5.83. The van der Waals surface area contributed by atoms with Crippen molar-refractivity contribution in [2.75, 3.05) is 0 Å². The summed E-state index contributed by atoms with van der Waals surface area (Å²) in [6.45, 7) is 13.7. The molecular formula is C20H26Li2. The van der Waals surface area contributed by atoms with E-state index in [0.29, 0.717) is 0 Å². The van der Waals surface area contributed by atoms with Crippen LogP contribution in [0, 0.1) is 5.41 Å². The summed E-state index contributed by atoms with van der Waals surface area (Å²) in [5.74, 6) is 0. The van der Waals surface area contributed by atoms with Gasteiger partial charge in [0.1, 0.15) is 0 Å². The average Bonchev–Trinajstić information content (AvgIpc) is 2.35. The first-order chi connectivity index (χ1) is 9.91. The second-order valence-electron chi connectivity index (χ2n) is 9.41. The molecule has 0 atom stereocenters. The predicted molar refractivity (Wildman–Crippen MR) is 99.5 cm³/mol. The zero-order chi connectivity index (χ0) is 16.8. The van der Waals surface area contributed by atoms with Gasteiger partial charge in [-0.1, -0.05) is 0 Å². The number of hydrogen-bond acceptors (Lipinski definition) is 0. The van der Waals surface area contributed by atoms with Gasteiger partial charge in [0, 0.05) is 0 Å². The summed E-state index contributed by atoms with van der Waals surface area (Å²) < 4.78 is 0.195. The third-order valence-corrected chi connectivity index (χ3v) is 4.84. The van der Waals surface area contributed by atoms with Gasteiger partial charge in [-0.25, -0.2) is 0 Å². The molecule has 1 aliphatic rings. The van der Waals surface area contributed by atoms with Gasteiger partial charge in [-0.15, -0.1) is 0 Å². The molecule has 0 nitrogen and oxygen atoms in total. The summed E-state index contributed by atoms with van der Waals surface area (Å²) >= 11 is 4.74. The number of benzene rings is 1. The molecule has 0 unspecified atom stereocenters. The van der Waals surface area contributed by atoms with Crippen LogP contribution in [0.25, 0.3) is 5.57 Å². The van der Waals surface area contributed by atoms with E-state index < -0.39 is 0 Å². The van der Waals surface area contributed by atoms with Gasteiger partial charge < -0.3 is 0 Å². The third-order valence-electron chi connectivity index (χ3n) is 4.84. The molecule has 0 bridgehead atoms. The van der Waals surface area contributed by atoms with E-state index in [2.05, 4.69) is 113 Å². The molecule has 0 aliphatic heterocycles. The summed E-state index contributed by atoms with van der Waals surface area (Å²) in [5, 5.41) is 0. The zero-order valence-electron chi connectivity index (χ0n) is 15.7. The molecule has 108 valence electrons. The Bertz CT molecular complexity index is 603. The van der Waals surface area contributed by atoms with E-state index in [0.717, 1.165) is 6.42 Å². The van der Waals surface area contributed by atoms with Crippen LogP contribution in [0.2, 0.25) is 2.76 Å². The van der Waals surface area contributed by atoms with Gasteiger partial charge in [0.2, 0.25) is 0 Å². The first-order valence-electron chi connectivity index (χ1n) is 8.44. The molecule has 0 heterocycles. The quantitative estimate of drug-likeness (QED) is 0.620. The minimum absolute atomic E-state index is 0.195. The summed E-state index contributed by atoms with van der Waals surface area (Å²) in [5.41, 5.74) is 6.25. The molecule has 0 saturated heterocycles. The number of rotatable bonds is 1. The van der Waals surface area contributed by atoms with Crippen LogP contribution in [0.4, 0.5) is 0 Å². The molecular weight excluding hydrogens is 254 g/mol. The van der Waals surface area contributed by atoms with Gasteiger partial charge in [-0.2, -0.15) is 0 Å². The second-order valence-corrected chi connectivity index (χ2v) is 9.41. The van der Waals surface area contributed by atoms with Gasteiger partial charge in [0.15, 0.2) is 0 Å². The van der Waals surface area contributed by atoms with E-state index in [1.807, 2.05) is 0 Å². The Balaban J connectivity index is 2.39. The fourth-order valence-electron chi connectivity index (χ4n) is 3.19. The molecule has 1 aliphatic carbocycles. The molecule has 1 aromatic carbocycles. The van der Waals surface area contributed by atoms with Gasteiger partial charge in [-0.3, -0.25) is 0 Å². The van der Waals surface area contributed by atoms with E-state index in [1.54, 1.807) is 5.57 Å². The van der Waals surface area contributed by atoms with Gasteiger partial charge >= 0.3 is 156 Å². The maximum atomic E-state index is 2.37. The van der Waals surface area contributed by atoms with Crippen LogP contribution in [0.3, 0.4) is 0 Å². The first kappa shape index (κ1) is 18.2. The molecule has 0 radical (unpaired) electrons. The van der Waals surface area contributed by atoms with Gasteiger partial charge in [-0.05, 0) is 0 Å². The van der Waals surface area contributed by atoms with Crippen LogP contribution >= 0.6 is 0 Å². The standard InChI is InChI=1S/C20H26.2Li/c1-19(2,3)17-11-7-15(8-12-17)16-9-13-18(14-10-16)20(4,5)6;;/h7-9,11-13H,14H2,1-6H3;;. The van der Waals surface area contributed by atoms with Crippen molar-refractivity contribution in [2.24, 2.45) is 5.41 Å². The van der Waals surface area contributed by atoms with Crippen LogP contribution in [0.5, 0.6) is 0 Å². The third kappa shape index (κ3) is 4.05. The molecule has 1 aromatic rings. The Kier molecular flexibility index (Phi) is 5.04. The van der Waals surface area contributed by atoms with Crippen LogP contribution in [0.15, 0.2) is 42.0 Å².